The van der Waals surface area contributed by atoms with Crippen molar-refractivity contribution < 1.29 is 14.7 Å². The molecule has 172 valence electrons. The molecule has 34 heavy (non-hydrogen) atoms. The molecule has 0 saturated heterocycles. The van der Waals surface area contributed by atoms with Crippen LogP contribution in [-0.2, 0) is 11.4 Å². The first-order valence-corrected chi connectivity index (χ1v) is 11.3. The molecule has 1 saturated carbocycles. The van der Waals surface area contributed by atoms with Gasteiger partial charge in [-0.25, -0.2) is 15.3 Å². The fourth-order valence-electron chi connectivity index (χ4n) is 4.42. The fourth-order valence-corrected chi connectivity index (χ4v) is 4.42. The van der Waals surface area contributed by atoms with Crippen molar-refractivity contribution in [3.05, 3.63) is 89.2 Å². The maximum atomic E-state index is 11.9. The van der Waals surface area contributed by atoms with Gasteiger partial charge in [0.15, 0.2) is 5.84 Å². The molecule has 5 rings (SSSR count). The van der Waals surface area contributed by atoms with Gasteiger partial charge in [-0.15, -0.1) is 0 Å². The third kappa shape index (κ3) is 4.06. The third-order valence-electron chi connectivity index (χ3n) is 6.18. The maximum absolute atomic E-state index is 11.9. The Morgan fingerprint density at radius 1 is 1.09 bits per heavy atom. The lowest BCUT2D eigenvalue weighted by molar-refractivity contribution is 0.0698. The second-order valence-corrected chi connectivity index (χ2v) is 8.43. The van der Waals surface area contributed by atoms with Crippen LogP contribution < -0.4 is 5.48 Å². The lowest BCUT2D eigenvalue weighted by atomic mass is 9.98. The minimum absolute atomic E-state index is 0.291. The second-order valence-electron chi connectivity index (χ2n) is 8.43. The van der Waals surface area contributed by atoms with Crippen molar-refractivity contribution in [1.29, 1.82) is 0 Å². The van der Waals surface area contributed by atoms with Gasteiger partial charge in [-0.2, -0.15) is 0 Å². The van der Waals surface area contributed by atoms with Crippen LogP contribution in [0, 0.1) is 0 Å². The fraction of sp³-hybridized carbons (Fsp3) is 0.222. The zero-order valence-electron chi connectivity index (χ0n) is 19.2. The van der Waals surface area contributed by atoms with Gasteiger partial charge in [-0.1, -0.05) is 54.6 Å². The highest BCUT2D eigenvalue weighted by molar-refractivity contribution is 6.04. The average Bonchev–Trinajstić information content (AvgIpc) is 3.64. The molecule has 0 bridgehead atoms. The molecule has 4 aromatic rings. The Morgan fingerprint density at radius 3 is 2.50 bits per heavy atom. The number of carboxylic acids is 1. The molecule has 1 aromatic heterocycles. The lowest BCUT2D eigenvalue weighted by Crippen LogP contribution is -2.23. The quantitative estimate of drug-likeness (QED) is 0.237. The van der Waals surface area contributed by atoms with Crippen molar-refractivity contribution in [2.24, 2.45) is 4.99 Å². The van der Waals surface area contributed by atoms with Gasteiger partial charge in [-0.3, -0.25) is 9.83 Å². The Balaban J connectivity index is 1.51. The minimum Gasteiger partial charge on any atom is -0.478 e. The topological polar surface area (TPSA) is 88.7 Å². The number of hydrogen-bond acceptors (Lipinski definition) is 4. The summed E-state index contributed by atoms with van der Waals surface area (Å²) in [6.07, 6.45) is 2.19. The van der Waals surface area contributed by atoms with E-state index in [0.717, 1.165) is 46.4 Å². The Hall–Kier alpha value is -3.97. The van der Waals surface area contributed by atoms with Crippen LogP contribution >= 0.6 is 0 Å². The van der Waals surface area contributed by atoms with E-state index in [1.807, 2.05) is 24.3 Å². The Kier molecular flexibility index (Phi) is 5.86. The molecule has 0 radical (unpaired) electrons. The molecule has 1 fully saturated rings. The summed E-state index contributed by atoms with van der Waals surface area (Å²) in [5.74, 6) is 1.11. The summed E-state index contributed by atoms with van der Waals surface area (Å²) < 4.78 is 2.09. The number of aliphatic imine (C=N–C) groups is 1. The van der Waals surface area contributed by atoms with Crippen molar-refractivity contribution in [2.75, 3.05) is 14.2 Å². The van der Waals surface area contributed by atoms with E-state index in [1.54, 1.807) is 26.3 Å². The summed E-state index contributed by atoms with van der Waals surface area (Å²) in [5, 5.41) is 9.76. The van der Waals surface area contributed by atoms with Crippen LogP contribution in [0.4, 0.5) is 0 Å². The molecule has 7 heteroatoms. The smallest absolute Gasteiger partial charge is 0.337 e. The number of fused-ring (bicyclic) bond motifs is 1. The maximum Gasteiger partial charge on any atom is 0.337 e. The van der Waals surface area contributed by atoms with Crippen molar-refractivity contribution in [3.8, 4) is 11.1 Å². The largest absolute Gasteiger partial charge is 0.478 e. The number of nitrogens with one attached hydrogen (secondary N) is 1. The Labute approximate surface area is 197 Å². The summed E-state index contributed by atoms with van der Waals surface area (Å²) in [5.41, 5.74) is 8.70. The SMILES string of the molecule is CN=C(NOC)c1ccccc1-c1ccc(Cn2c(C3CC3)nc3cccc(C(=O)O)c32)cc1. The monoisotopic (exact) mass is 454 g/mol. The van der Waals surface area contributed by atoms with Gasteiger partial charge in [0.25, 0.3) is 0 Å². The number of carboxylic acid groups (broad SMARTS) is 1. The first kappa shape index (κ1) is 21.9. The highest BCUT2D eigenvalue weighted by Crippen LogP contribution is 2.41. The van der Waals surface area contributed by atoms with E-state index in [2.05, 4.69) is 45.4 Å². The summed E-state index contributed by atoms with van der Waals surface area (Å²) in [6.45, 7) is 0.571. The van der Waals surface area contributed by atoms with Crippen LogP contribution in [0.3, 0.4) is 0 Å². The number of hydrogen-bond donors (Lipinski definition) is 2. The number of aromatic carboxylic acids is 1. The number of para-hydroxylation sites is 1. The van der Waals surface area contributed by atoms with E-state index >= 15 is 0 Å². The van der Waals surface area contributed by atoms with E-state index in [-0.39, 0.29) is 0 Å². The highest BCUT2D eigenvalue weighted by Gasteiger charge is 2.30. The minimum atomic E-state index is -0.931. The molecule has 0 amide bonds. The van der Waals surface area contributed by atoms with Crippen molar-refractivity contribution >= 4 is 22.8 Å². The zero-order valence-corrected chi connectivity index (χ0v) is 19.2. The summed E-state index contributed by atoms with van der Waals surface area (Å²) in [7, 11) is 3.29. The Morgan fingerprint density at radius 2 is 1.82 bits per heavy atom. The Bertz CT molecular complexity index is 1390. The van der Waals surface area contributed by atoms with E-state index in [9.17, 15) is 9.90 Å². The van der Waals surface area contributed by atoms with Crippen molar-refractivity contribution in [2.45, 2.75) is 25.3 Å². The zero-order chi connectivity index (χ0) is 23.7. The first-order chi connectivity index (χ1) is 16.6. The molecular weight excluding hydrogens is 428 g/mol. The van der Waals surface area contributed by atoms with Crippen LogP contribution in [0.2, 0.25) is 0 Å². The predicted octanol–water partition coefficient (Wildman–Crippen LogP) is 4.85. The van der Waals surface area contributed by atoms with E-state index in [4.69, 9.17) is 9.82 Å². The molecule has 0 spiro atoms. The lowest BCUT2D eigenvalue weighted by Gasteiger charge is -2.14. The number of imidazole rings is 1. The molecule has 1 aliphatic rings. The molecule has 7 nitrogen and oxygen atoms in total. The molecule has 1 aliphatic carbocycles. The number of aromatic nitrogens is 2. The van der Waals surface area contributed by atoms with Gasteiger partial charge < -0.3 is 9.67 Å². The molecule has 0 aliphatic heterocycles. The molecule has 0 atom stereocenters. The van der Waals surface area contributed by atoms with E-state index < -0.39 is 5.97 Å². The molecule has 2 N–H and O–H groups in total. The molecule has 1 heterocycles. The number of hydroxylamine groups is 1. The predicted molar refractivity (Wildman–Crippen MR) is 132 cm³/mol. The van der Waals surface area contributed by atoms with Crippen LogP contribution in [0.1, 0.15) is 46.1 Å². The summed E-state index contributed by atoms with van der Waals surface area (Å²) >= 11 is 0. The number of carbonyl (C=O) groups is 1. The first-order valence-electron chi connectivity index (χ1n) is 11.3. The number of rotatable bonds is 7. The van der Waals surface area contributed by atoms with Crippen LogP contribution in [0.5, 0.6) is 0 Å². The molecule has 0 unspecified atom stereocenters. The van der Waals surface area contributed by atoms with Gasteiger partial charge in [0, 0.05) is 25.1 Å². The van der Waals surface area contributed by atoms with Gasteiger partial charge >= 0.3 is 5.97 Å². The summed E-state index contributed by atoms with van der Waals surface area (Å²) in [6, 6.07) is 21.7. The van der Waals surface area contributed by atoms with Crippen LogP contribution in [0.15, 0.2) is 71.7 Å². The van der Waals surface area contributed by atoms with Crippen molar-refractivity contribution in [1.82, 2.24) is 15.0 Å². The molecule has 3 aromatic carbocycles. The number of amidine groups is 1. The van der Waals surface area contributed by atoms with Gasteiger partial charge in [0.1, 0.15) is 5.82 Å². The standard InChI is InChI=1S/C27H26N4O3/c1-28-25(30-34-2)21-7-4-3-6-20(21)18-12-10-17(11-13-18)16-31-24-22(27(32)33)8-5-9-23(24)29-26(31)19-14-15-19/h3-13,19H,14-16H2,1-2H3,(H,28,30)(H,32,33). The highest BCUT2D eigenvalue weighted by atomic mass is 16.6. The molecular formula is C27H26N4O3. The van der Waals surface area contributed by atoms with Crippen LogP contribution in [-0.4, -0.2) is 40.6 Å². The summed E-state index contributed by atoms with van der Waals surface area (Å²) in [4.78, 5) is 26.1. The third-order valence-corrected chi connectivity index (χ3v) is 6.18. The average molecular weight is 455 g/mol. The van der Waals surface area contributed by atoms with Gasteiger partial charge in [0.05, 0.1) is 23.7 Å². The van der Waals surface area contributed by atoms with Crippen molar-refractivity contribution in [3.63, 3.8) is 0 Å². The van der Waals surface area contributed by atoms with Gasteiger partial charge in [0.2, 0.25) is 0 Å². The van der Waals surface area contributed by atoms with E-state index in [1.165, 1.54) is 0 Å². The number of benzene rings is 3. The van der Waals surface area contributed by atoms with Gasteiger partial charge in [-0.05, 0) is 41.7 Å². The normalized spacial score (nSPS) is 13.9. The number of nitrogens with zero attached hydrogens (tertiary/aromatic N) is 3. The van der Waals surface area contributed by atoms with E-state index in [0.29, 0.717) is 29.4 Å². The van der Waals surface area contributed by atoms with Crippen LogP contribution in [0.25, 0.3) is 22.2 Å². The second kappa shape index (κ2) is 9.11.